The monoisotopic (exact) mass is 240 g/mol. The van der Waals surface area contributed by atoms with Gasteiger partial charge in [0.05, 0.1) is 0 Å². The van der Waals surface area contributed by atoms with Crippen LogP contribution in [0.1, 0.15) is 26.2 Å². The number of hydrogen-bond donors (Lipinski definition) is 2. The molecular weight excluding hydrogens is 220 g/mol. The largest absolute Gasteiger partial charge is 0.480 e. The number of nitrogens with zero attached hydrogens (tertiary/aromatic N) is 1. The second kappa shape index (κ2) is 6.27. The Balaban J connectivity index is 2.47. The molecule has 0 heterocycles. The molecule has 0 aromatic heterocycles. The van der Waals surface area contributed by atoms with Crippen LogP contribution in [0.3, 0.4) is 0 Å². The topological polar surface area (TPSA) is 69.6 Å². The lowest BCUT2D eigenvalue weighted by atomic mass is 10.2. The molecule has 2 N–H and O–H groups in total. The normalized spacial score (nSPS) is 16.1. The summed E-state index contributed by atoms with van der Waals surface area (Å²) in [5.74, 6) is -0.427. The standard InChI is InChI=1S/C12H20N2O3/c1-3-5-10(11(15)16)13-12(17)14(4-2)8-9-6-7-9/h3,9-10H,1,4-8H2,2H3,(H,13,17)(H,15,16). The fraction of sp³-hybridized carbons (Fsp3) is 0.667. The molecule has 5 nitrogen and oxygen atoms in total. The Bertz CT molecular complexity index is 300. The molecule has 96 valence electrons. The molecule has 1 unspecified atom stereocenters. The fourth-order valence-corrected chi connectivity index (χ4v) is 1.60. The van der Waals surface area contributed by atoms with E-state index in [9.17, 15) is 9.59 Å². The van der Waals surface area contributed by atoms with E-state index in [0.29, 0.717) is 12.5 Å². The number of nitrogens with one attached hydrogen (secondary N) is 1. The molecule has 0 spiro atoms. The van der Waals surface area contributed by atoms with Crippen molar-refractivity contribution >= 4 is 12.0 Å². The van der Waals surface area contributed by atoms with E-state index in [0.717, 1.165) is 6.54 Å². The van der Waals surface area contributed by atoms with Crippen LogP contribution in [0.25, 0.3) is 0 Å². The molecule has 1 aliphatic rings. The van der Waals surface area contributed by atoms with Crippen LogP contribution in [0.4, 0.5) is 4.79 Å². The summed E-state index contributed by atoms with van der Waals surface area (Å²) in [7, 11) is 0. The van der Waals surface area contributed by atoms with E-state index in [2.05, 4.69) is 11.9 Å². The van der Waals surface area contributed by atoms with Crippen molar-refractivity contribution in [1.82, 2.24) is 10.2 Å². The molecule has 1 saturated carbocycles. The molecule has 1 rings (SSSR count). The van der Waals surface area contributed by atoms with Gasteiger partial charge in [-0.2, -0.15) is 0 Å². The van der Waals surface area contributed by atoms with Crippen LogP contribution in [-0.2, 0) is 4.79 Å². The Kier molecular flexibility index (Phi) is 5.00. The third-order valence-corrected chi connectivity index (χ3v) is 2.84. The van der Waals surface area contributed by atoms with Gasteiger partial charge in [0.15, 0.2) is 0 Å². The molecule has 0 bridgehead atoms. The van der Waals surface area contributed by atoms with Gasteiger partial charge in [-0.25, -0.2) is 9.59 Å². The third-order valence-electron chi connectivity index (χ3n) is 2.84. The summed E-state index contributed by atoms with van der Waals surface area (Å²) in [6.07, 6.45) is 4.07. The Morgan fingerprint density at radius 1 is 1.59 bits per heavy atom. The maximum absolute atomic E-state index is 11.8. The lowest BCUT2D eigenvalue weighted by Gasteiger charge is -2.23. The molecule has 5 heteroatoms. The van der Waals surface area contributed by atoms with Crippen molar-refractivity contribution in [3.8, 4) is 0 Å². The van der Waals surface area contributed by atoms with Gasteiger partial charge in [-0.1, -0.05) is 6.08 Å². The first-order chi connectivity index (χ1) is 8.08. The SMILES string of the molecule is C=CCC(NC(=O)N(CC)CC1CC1)C(=O)O. The van der Waals surface area contributed by atoms with Crippen molar-refractivity contribution in [3.63, 3.8) is 0 Å². The van der Waals surface area contributed by atoms with Crippen LogP contribution in [-0.4, -0.2) is 41.1 Å². The minimum Gasteiger partial charge on any atom is -0.480 e. The molecule has 0 aromatic rings. The molecule has 0 saturated heterocycles. The van der Waals surface area contributed by atoms with Crippen LogP contribution in [0.15, 0.2) is 12.7 Å². The van der Waals surface area contributed by atoms with E-state index in [1.807, 2.05) is 6.92 Å². The molecule has 0 aromatic carbocycles. The average molecular weight is 240 g/mol. The van der Waals surface area contributed by atoms with Gasteiger partial charge in [0, 0.05) is 13.1 Å². The van der Waals surface area contributed by atoms with Crippen molar-refractivity contribution in [2.45, 2.75) is 32.2 Å². The van der Waals surface area contributed by atoms with E-state index in [-0.39, 0.29) is 12.5 Å². The molecule has 17 heavy (non-hydrogen) atoms. The van der Waals surface area contributed by atoms with Gasteiger partial charge in [-0.3, -0.25) is 0 Å². The van der Waals surface area contributed by atoms with Gasteiger partial charge in [0.25, 0.3) is 0 Å². The van der Waals surface area contributed by atoms with Gasteiger partial charge in [0.2, 0.25) is 0 Å². The van der Waals surface area contributed by atoms with Gasteiger partial charge >= 0.3 is 12.0 Å². The summed E-state index contributed by atoms with van der Waals surface area (Å²) in [5.41, 5.74) is 0. The maximum atomic E-state index is 11.8. The van der Waals surface area contributed by atoms with Crippen LogP contribution in [0, 0.1) is 5.92 Å². The van der Waals surface area contributed by atoms with E-state index in [1.54, 1.807) is 4.90 Å². The first kappa shape index (κ1) is 13.5. The average Bonchev–Trinajstić information content (AvgIpc) is 3.08. The number of carbonyl (C=O) groups is 2. The Hall–Kier alpha value is -1.52. The molecule has 0 aliphatic heterocycles. The Morgan fingerprint density at radius 3 is 2.65 bits per heavy atom. The Labute approximate surface area is 101 Å². The quantitative estimate of drug-likeness (QED) is 0.662. The lowest BCUT2D eigenvalue weighted by molar-refractivity contribution is -0.139. The highest BCUT2D eigenvalue weighted by Gasteiger charge is 2.27. The highest BCUT2D eigenvalue weighted by atomic mass is 16.4. The smallest absolute Gasteiger partial charge is 0.326 e. The van der Waals surface area contributed by atoms with Crippen LogP contribution in [0.2, 0.25) is 0 Å². The van der Waals surface area contributed by atoms with Crippen molar-refractivity contribution in [3.05, 3.63) is 12.7 Å². The second-order valence-electron chi connectivity index (χ2n) is 4.35. The number of urea groups is 1. The minimum atomic E-state index is -1.03. The van der Waals surface area contributed by atoms with Crippen molar-refractivity contribution in [2.24, 2.45) is 5.92 Å². The lowest BCUT2D eigenvalue weighted by Crippen LogP contribution is -2.48. The predicted molar refractivity (Wildman–Crippen MR) is 64.7 cm³/mol. The highest BCUT2D eigenvalue weighted by molar-refractivity contribution is 5.82. The summed E-state index contributed by atoms with van der Waals surface area (Å²) in [4.78, 5) is 24.4. The number of rotatable bonds is 7. The van der Waals surface area contributed by atoms with E-state index in [1.165, 1.54) is 18.9 Å². The number of carbonyl (C=O) groups excluding carboxylic acids is 1. The molecule has 1 aliphatic carbocycles. The van der Waals surface area contributed by atoms with E-state index >= 15 is 0 Å². The van der Waals surface area contributed by atoms with E-state index in [4.69, 9.17) is 5.11 Å². The van der Waals surface area contributed by atoms with Gasteiger partial charge in [-0.15, -0.1) is 6.58 Å². The summed E-state index contributed by atoms with van der Waals surface area (Å²) < 4.78 is 0. The first-order valence-electron chi connectivity index (χ1n) is 5.97. The molecule has 2 amide bonds. The van der Waals surface area contributed by atoms with Crippen molar-refractivity contribution in [2.75, 3.05) is 13.1 Å². The minimum absolute atomic E-state index is 0.238. The molecule has 0 radical (unpaired) electrons. The number of hydrogen-bond acceptors (Lipinski definition) is 2. The maximum Gasteiger partial charge on any atom is 0.326 e. The fourth-order valence-electron chi connectivity index (χ4n) is 1.60. The summed E-state index contributed by atoms with van der Waals surface area (Å²) in [6, 6.07) is -1.18. The van der Waals surface area contributed by atoms with Gasteiger partial charge in [0.1, 0.15) is 6.04 Å². The van der Waals surface area contributed by atoms with Crippen LogP contribution in [0.5, 0.6) is 0 Å². The molecule has 1 fully saturated rings. The van der Waals surface area contributed by atoms with E-state index < -0.39 is 12.0 Å². The van der Waals surface area contributed by atoms with Crippen molar-refractivity contribution in [1.29, 1.82) is 0 Å². The zero-order chi connectivity index (χ0) is 12.8. The van der Waals surface area contributed by atoms with Crippen LogP contribution < -0.4 is 5.32 Å². The second-order valence-corrected chi connectivity index (χ2v) is 4.35. The predicted octanol–water partition coefficient (Wildman–Crippen LogP) is 1.46. The summed E-state index contributed by atoms with van der Waals surface area (Å²) in [5, 5.41) is 11.4. The summed E-state index contributed by atoms with van der Waals surface area (Å²) in [6.45, 7) is 6.70. The van der Waals surface area contributed by atoms with Gasteiger partial charge in [-0.05, 0) is 32.1 Å². The molecular formula is C12H20N2O3. The first-order valence-corrected chi connectivity index (χ1v) is 5.97. The summed E-state index contributed by atoms with van der Waals surface area (Å²) >= 11 is 0. The zero-order valence-electron chi connectivity index (χ0n) is 10.2. The van der Waals surface area contributed by atoms with Gasteiger partial charge < -0.3 is 15.3 Å². The third kappa shape index (κ3) is 4.46. The molecule has 1 atom stereocenters. The van der Waals surface area contributed by atoms with Crippen LogP contribution >= 0.6 is 0 Å². The highest BCUT2D eigenvalue weighted by Crippen LogP contribution is 2.29. The number of carboxylic acid groups (broad SMARTS) is 1. The zero-order valence-corrected chi connectivity index (χ0v) is 10.2. The number of amides is 2. The Morgan fingerprint density at radius 2 is 2.24 bits per heavy atom. The number of carboxylic acids is 1. The van der Waals surface area contributed by atoms with Crippen molar-refractivity contribution < 1.29 is 14.7 Å². The number of aliphatic carboxylic acids is 1.